The van der Waals surface area contributed by atoms with Crippen LogP contribution in [0.5, 0.6) is 0 Å². The van der Waals surface area contributed by atoms with Gasteiger partial charge in [-0.1, -0.05) is 30.0 Å². The molecule has 0 radical (unpaired) electrons. The fraction of sp³-hybridized carbons (Fsp3) is 0. The Morgan fingerprint density at radius 2 is 1.95 bits per heavy atom. The maximum atomic E-state index is 9.13. The van der Waals surface area contributed by atoms with E-state index in [0.29, 0.717) is 11.3 Å². The van der Waals surface area contributed by atoms with E-state index in [9.17, 15) is 0 Å². The minimum atomic E-state index is 0.601. The average Bonchev–Trinajstić information content (AvgIpc) is 2.83. The van der Waals surface area contributed by atoms with Gasteiger partial charge in [0.05, 0.1) is 10.6 Å². The minimum Gasteiger partial charge on any atom is -0.399 e. The van der Waals surface area contributed by atoms with Crippen LogP contribution in [0.3, 0.4) is 0 Å². The van der Waals surface area contributed by atoms with Crippen LogP contribution in [-0.4, -0.2) is 4.98 Å². The molecule has 1 heterocycles. The third kappa shape index (κ3) is 2.28. The van der Waals surface area contributed by atoms with Crippen molar-refractivity contribution >= 4 is 28.4 Å². The lowest BCUT2D eigenvalue weighted by Gasteiger charge is -2.02. The number of fused-ring (bicyclic) bond motifs is 1. The Morgan fingerprint density at radius 3 is 2.74 bits per heavy atom. The summed E-state index contributed by atoms with van der Waals surface area (Å²) >= 11 is 1.54. The summed E-state index contributed by atoms with van der Waals surface area (Å²) in [5.41, 5.74) is 8.00. The number of anilines is 1. The molecule has 2 aromatic carbocycles. The Kier molecular flexibility index (Phi) is 2.90. The van der Waals surface area contributed by atoms with Gasteiger partial charge < -0.3 is 10.7 Å². The van der Waals surface area contributed by atoms with Crippen LogP contribution in [-0.2, 0) is 0 Å². The summed E-state index contributed by atoms with van der Waals surface area (Å²) in [6, 6.07) is 17.7. The third-order valence-corrected chi connectivity index (χ3v) is 3.86. The van der Waals surface area contributed by atoms with Gasteiger partial charge in [-0.05, 0) is 30.3 Å². The molecule has 0 fully saturated rings. The van der Waals surface area contributed by atoms with Crippen molar-refractivity contribution in [3.05, 3.63) is 54.1 Å². The molecule has 1 aromatic heterocycles. The predicted octanol–water partition coefficient (Wildman–Crippen LogP) is 3.77. The SMILES string of the molecule is N#Cc1cc(N)ccc1Sc1cc2ccccc2[nH]1. The Labute approximate surface area is 115 Å². The van der Waals surface area contributed by atoms with Crippen LogP contribution in [0, 0.1) is 11.3 Å². The smallest absolute Gasteiger partial charge is 0.100 e. The lowest BCUT2D eigenvalue weighted by Crippen LogP contribution is -1.87. The summed E-state index contributed by atoms with van der Waals surface area (Å²) < 4.78 is 0. The zero-order chi connectivity index (χ0) is 13.2. The van der Waals surface area contributed by atoms with Crippen molar-refractivity contribution < 1.29 is 0 Å². The largest absolute Gasteiger partial charge is 0.399 e. The molecule has 0 saturated heterocycles. The fourth-order valence-corrected chi connectivity index (χ4v) is 2.88. The molecule has 4 heteroatoms. The summed E-state index contributed by atoms with van der Waals surface area (Å²) in [5.74, 6) is 0. The van der Waals surface area contributed by atoms with Gasteiger partial charge in [0.25, 0.3) is 0 Å². The number of H-pyrrole nitrogens is 1. The van der Waals surface area contributed by atoms with Crippen LogP contribution < -0.4 is 5.73 Å². The Balaban J connectivity index is 1.99. The average molecular weight is 265 g/mol. The van der Waals surface area contributed by atoms with E-state index in [1.807, 2.05) is 30.3 Å². The normalized spacial score (nSPS) is 10.5. The number of aromatic nitrogens is 1. The van der Waals surface area contributed by atoms with Gasteiger partial charge in [0, 0.05) is 21.5 Å². The second-order valence-electron chi connectivity index (χ2n) is 4.19. The second-order valence-corrected chi connectivity index (χ2v) is 5.27. The Hall–Kier alpha value is -2.38. The molecule has 3 N–H and O–H groups in total. The number of nitrogen functional groups attached to an aromatic ring is 1. The highest BCUT2D eigenvalue weighted by atomic mass is 32.2. The fourth-order valence-electron chi connectivity index (χ4n) is 1.94. The number of benzene rings is 2. The van der Waals surface area contributed by atoms with Crippen molar-refractivity contribution in [3.8, 4) is 6.07 Å². The van der Waals surface area contributed by atoms with Crippen LogP contribution in [0.4, 0.5) is 5.69 Å². The van der Waals surface area contributed by atoms with E-state index >= 15 is 0 Å². The number of nitrogens with two attached hydrogens (primary N) is 1. The number of nitrogens with zero attached hydrogens (tertiary/aromatic N) is 1. The summed E-state index contributed by atoms with van der Waals surface area (Å²) in [7, 11) is 0. The lowest BCUT2D eigenvalue weighted by molar-refractivity contribution is 1.23. The summed E-state index contributed by atoms with van der Waals surface area (Å²) in [6.07, 6.45) is 0. The zero-order valence-electron chi connectivity index (χ0n) is 10.1. The highest BCUT2D eigenvalue weighted by molar-refractivity contribution is 7.99. The first kappa shape index (κ1) is 11.7. The van der Waals surface area contributed by atoms with Crippen molar-refractivity contribution in [1.82, 2.24) is 4.98 Å². The number of hydrogen-bond acceptors (Lipinski definition) is 3. The van der Waals surface area contributed by atoms with Crippen LogP contribution in [0.1, 0.15) is 5.56 Å². The third-order valence-electron chi connectivity index (χ3n) is 2.85. The van der Waals surface area contributed by atoms with Crippen LogP contribution in [0.2, 0.25) is 0 Å². The molecule has 0 unspecified atom stereocenters. The Morgan fingerprint density at radius 1 is 1.11 bits per heavy atom. The maximum Gasteiger partial charge on any atom is 0.100 e. The molecule has 3 rings (SSSR count). The molecular weight excluding hydrogens is 254 g/mol. The lowest BCUT2D eigenvalue weighted by atomic mass is 10.2. The first-order valence-electron chi connectivity index (χ1n) is 5.81. The molecule has 92 valence electrons. The van der Waals surface area contributed by atoms with Crippen molar-refractivity contribution in [2.45, 2.75) is 9.92 Å². The number of rotatable bonds is 2. The molecule has 0 spiro atoms. The molecule has 3 nitrogen and oxygen atoms in total. The zero-order valence-corrected chi connectivity index (χ0v) is 10.9. The number of nitriles is 1. The van der Waals surface area contributed by atoms with Crippen molar-refractivity contribution in [1.29, 1.82) is 5.26 Å². The highest BCUT2D eigenvalue weighted by Gasteiger charge is 2.07. The highest BCUT2D eigenvalue weighted by Crippen LogP contribution is 2.32. The van der Waals surface area contributed by atoms with Gasteiger partial charge in [-0.3, -0.25) is 0 Å². The Bertz CT molecular complexity index is 750. The molecule has 0 amide bonds. The molecule has 0 aliphatic heterocycles. The topological polar surface area (TPSA) is 65.6 Å². The van der Waals surface area contributed by atoms with Gasteiger partial charge in [-0.15, -0.1) is 0 Å². The first-order chi connectivity index (χ1) is 9.26. The minimum absolute atomic E-state index is 0.601. The molecule has 0 saturated carbocycles. The van der Waals surface area contributed by atoms with Gasteiger partial charge in [0.2, 0.25) is 0 Å². The molecule has 0 aliphatic rings. The van der Waals surface area contributed by atoms with E-state index in [1.54, 1.807) is 6.07 Å². The van der Waals surface area contributed by atoms with Gasteiger partial charge in [-0.25, -0.2) is 0 Å². The van der Waals surface area contributed by atoms with Gasteiger partial charge >= 0.3 is 0 Å². The number of nitrogens with one attached hydrogen (secondary N) is 1. The van der Waals surface area contributed by atoms with Crippen molar-refractivity contribution in [2.24, 2.45) is 0 Å². The predicted molar refractivity (Wildman–Crippen MR) is 78.0 cm³/mol. The van der Waals surface area contributed by atoms with E-state index in [4.69, 9.17) is 11.0 Å². The van der Waals surface area contributed by atoms with Gasteiger partial charge in [0.1, 0.15) is 6.07 Å². The molecule has 3 aromatic rings. The van der Waals surface area contributed by atoms with E-state index in [1.165, 1.54) is 17.1 Å². The van der Waals surface area contributed by atoms with Crippen LogP contribution in [0.25, 0.3) is 10.9 Å². The maximum absolute atomic E-state index is 9.13. The standard InChI is InChI=1S/C15H11N3S/c16-9-11-7-12(17)5-6-14(11)19-15-8-10-3-1-2-4-13(10)18-15/h1-8,18H,17H2. The molecule has 0 aliphatic carbocycles. The van der Waals surface area contributed by atoms with Crippen molar-refractivity contribution in [3.63, 3.8) is 0 Å². The summed E-state index contributed by atoms with van der Waals surface area (Å²) in [4.78, 5) is 4.24. The monoisotopic (exact) mass is 265 g/mol. The van der Waals surface area contributed by atoms with Gasteiger partial charge in [-0.2, -0.15) is 5.26 Å². The molecule has 0 atom stereocenters. The quantitative estimate of drug-likeness (QED) is 0.693. The van der Waals surface area contributed by atoms with Crippen LogP contribution in [0.15, 0.2) is 58.5 Å². The van der Waals surface area contributed by atoms with Crippen molar-refractivity contribution in [2.75, 3.05) is 5.73 Å². The van der Waals surface area contributed by atoms with E-state index in [-0.39, 0.29) is 0 Å². The molecule has 19 heavy (non-hydrogen) atoms. The number of aromatic amines is 1. The van der Waals surface area contributed by atoms with E-state index < -0.39 is 0 Å². The van der Waals surface area contributed by atoms with E-state index in [2.05, 4.69) is 23.2 Å². The second kappa shape index (κ2) is 4.71. The summed E-state index contributed by atoms with van der Waals surface area (Å²) in [6.45, 7) is 0. The molecule has 0 bridgehead atoms. The first-order valence-corrected chi connectivity index (χ1v) is 6.63. The van der Waals surface area contributed by atoms with Crippen LogP contribution >= 0.6 is 11.8 Å². The number of para-hydroxylation sites is 1. The molecular formula is C15H11N3S. The van der Waals surface area contributed by atoms with Gasteiger partial charge in [0.15, 0.2) is 0 Å². The van der Waals surface area contributed by atoms with E-state index in [0.717, 1.165) is 15.4 Å². The number of hydrogen-bond donors (Lipinski definition) is 2. The summed E-state index contributed by atoms with van der Waals surface area (Å²) in [5, 5.41) is 11.3.